The van der Waals surface area contributed by atoms with Crippen LogP contribution < -0.4 is 5.73 Å². The molecule has 0 amide bonds. The average Bonchev–Trinajstić information content (AvgIpc) is 3.28. The summed E-state index contributed by atoms with van der Waals surface area (Å²) in [6.07, 6.45) is 2.39. The average molecular weight is 367 g/mol. The van der Waals surface area contributed by atoms with E-state index >= 15 is 0 Å². The molecule has 1 aliphatic rings. The highest BCUT2D eigenvalue weighted by Crippen LogP contribution is 2.23. The van der Waals surface area contributed by atoms with E-state index in [1.807, 2.05) is 54.6 Å². The van der Waals surface area contributed by atoms with Crippen molar-refractivity contribution in [3.8, 4) is 11.5 Å². The molecule has 1 aliphatic heterocycles. The highest BCUT2D eigenvalue weighted by atomic mass is 35.5. The van der Waals surface area contributed by atoms with Crippen molar-refractivity contribution in [1.82, 2.24) is 10.1 Å². The van der Waals surface area contributed by atoms with E-state index in [-0.39, 0.29) is 12.1 Å². The zero-order chi connectivity index (χ0) is 17.9. The fourth-order valence-electron chi connectivity index (χ4n) is 3.19. The van der Waals surface area contributed by atoms with Gasteiger partial charge in [-0.3, -0.25) is 4.99 Å². The first-order valence-electron chi connectivity index (χ1n) is 8.66. The Morgan fingerprint density at radius 1 is 1.04 bits per heavy atom. The highest BCUT2D eigenvalue weighted by molar-refractivity contribution is 6.30. The van der Waals surface area contributed by atoms with E-state index in [1.165, 1.54) is 0 Å². The largest absolute Gasteiger partial charge is 0.334 e. The summed E-state index contributed by atoms with van der Waals surface area (Å²) in [4.78, 5) is 9.29. The summed E-state index contributed by atoms with van der Waals surface area (Å²) in [5.41, 5.74) is 9.19. The predicted octanol–water partition coefficient (Wildman–Crippen LogP) is 3.91. The molecule has 0 saturated carbocycles. The number of aryl methyl sites for hydroxylation is 1. The minimum absolute atomic E-state index is 0.0497. The number of hydrogen-bond acceptors (Lipinski definition) is 5. The van der Waals surface area contributed by atoms with E-state index in [4.69, 9.17) is 26.9 Å². The maximum Gasteiger partial charge on any atom is 0.257 e. The summed E-state index contributed by atoms with van der Waals surface area (Å²) in [5.74, 6) is 1.25. The van der Waals surface area contributed by atoms with Crippen LogP contribution in [0.1, 0.15) is 24.2 Å². The van der Waals surface area contributed by atoms with Crippen molar-refractivity contribution in [3.05, 3.63) is 71.0 Å². The van der Waals surface area contributed by atoms with Crippen molar-refractivity contribution in [3.63, 3.8) is 0 Å². The minimum atomic E-state index is -0.0497. The van der Waals surface area contributed by atoms with Crippen LogP contribution >= 0.6 is 11.6 Å². The summed E-state index contributed by atoms with van der Waals surface area (Å²) >= 11 is 5.95. The van der Waals surface area contributed by atoms with Gasteiger partial charge in [-0.05, 0) is 42.7 Å². The molecule has 0 bridgehead atoms. The Hall–Kier alpha value is -2.50. The molecular formula is C20H19ClN4O. The van der Waals surface area contributed by atoms with E-state index < -0.39 is 0 Å². The molecule has 2 atom stereocenters. The molecule has 2 unspecified atom stereocenters. The van der Waals surface area contributed by atoms with Gasteiger partial charge in [0, 0.05) is 23.0 Å². The molecule has 0 aliphatic carbocycles. The minimum Gasteiger partial charge on any atom is -0.334 e. The van der Waals surface area contributed by atoms with Gasteiger partial charge in [-0.15, -0.1) is 0 Å². The summed E-state index contributed by atoms with van der Waals surface area (Å²) in [5, 5.41) is 4.79. The van der Waals surface area contributed by atoms with Gasteiger partial charge in [-0.25, -0.2) is 0 Å². The van der Waals surface area contributed by atoms with Crippen LogP contribution in [0.2, 0.25) is 5.02 Å². The normalized spacial score (nSPS) is 19.5. The third-order valence-electron chi connectivity index (χ3n) is 4.53. The number of aromatic nitrogens is 2. The standard InChI is InChI=1S/C20H19ClN4O/c21-15-8-6-13(7-9-15)19-17(22)12-16(23-19)10-11-18-24-20(26-25-18)14-4-2-1-3-5-14/h1-9,16-17H,10-12,22H2. The summed E-state index contributed by atoms with van der Waals surface area (Å²) in [6.45, 7) is 0. The Morgan fingerprint density at radius 3 is 2.58 bits per heavy atom. The van der Waals surface area contributed by atoms with Crippen LogP contribution in [0, 0.1) is 0 Å². The first-order valence-corrected chi connectivity index (χ1v) is 9.04. The van der Waals surface area contributed by atoms with E-state index in [0.29, 0.717) is 23.2 Å². The van der Waals surface area contributed by atoms with Gasteiger partial charge in [0.2, 0.25) is 0 Å². The van der Waals surface area contributed by atoms with Crippen LogP contribution in [0.3, 0.4) is 0 Å². The van der Waals surface area contributed by atoms with Crippen LogP contribution in [0.5, 0.6) is 0 Å². The number of benzene rings is 2. The maximum absolute atomic E-state index is 6.27. The summed E-state index contributed by atoms with van der Waals surface area (Å²) in [6, 6.07) is 17.6. The van der Waals surface area contributed by atoms with E-state index in [1.54, 1.807) is 0 Å². The molecule has 132 valence electrons. The van der Waals surface area contributed by atoms with Crippen LogP contribution in [0.4, 0.5) is 0 Å². The lowest BCUT2D eigenvalue weighted by molar-refractivity contribution is 0.420. The fraction of sp³-hybridized carbons (Fsp3) is 0.250. The predicted molar refractivity (Wildman–Crippen MR) is 102 cm³/mol. The van der Waals surface area contributed by atoms with Crippen molar-refractivity contribution in [1.29, 1.82) is 0 Å². The quantitative estimate of drug-likeness (QED) is 0.742. The Kier molecular flexibility index (Phi) is 4.82. The van der Waals surface area contributed by atoms with Gasteiger partial charge in [-0.2, -0.15) is 4.98 Å². The highest BCUT2D eigenvalue weighted by Gasteiger charge is 2.26. The molecule has 1 aromatic heterocycles. The van der Waals surface area contributed by atoms with Crippen LogP contribution in [-0.2, 0) is 6.42 Å². The first-order chi connectivity index (χ1) is 12.7. The monoisotopic (exact) mass is 366 g/mol. The van der Waals surface area contributed by atoms with Crippen LogP contribution in [-0.4, -0.2) is 27.9 Å². The molecule has 0 fully saturated rings. The van der Waals surface area contributed by atoms with Crippen molar-refractivity contribution in [2.75, 3.05) is 0 Å². The molecule has 0 saturated heterocycles. The smallest absolute Gasteiger partial charge is 0.257 e. The molecule has 2 N–H and O–H groups in total. The second kappa shape index (κ2) is 7.40. The molecule has 4 rings (SSSR count). The maximum atomic E-state index is 6.27. The SMILES string of the molecule is NC1CC(CCc2noc(-c3ccccc3)n2)N=C1c1ccc(Cl)cc1. The number of nitrogens with two attached hydrogens (primary N) is 1. The zero-order valence-electron chi connectivity index (χ0n) is 14.2. The molecule has 0 radical (unpaired) electrons. The van der Waals surface area contributed by atoms with Crippen molar-refractivity contribution < 1.29 is 4.52 Å². The number of nitrogens with zero attached hydrogens (tertiary/aromatic N) is 3. The number of aliphatic imine (C=N–C) groups is 1. The van der Waals surface area contributed by atoms with Gasteiger partial charge in [0.15, 0.2) is 5.82 Å². The van der Waals surface area contributed by atoms with Crippen molar-refractivity contribution in [2.24, 2.45) is 10.7 Å². The summed E-state index contributed by atoms with van der Waals surface area (Å²) in [7, 11) is 0. The number of halogens is 1. The Balaban J connectivity index is 1.41. The van der Waals surface area contributed by atoms with Gasteiger partial charge in [0.05, 0.1) is 11.8 Å². The second-order valence-electron chi connectivity index (χ2n) is 6.44. The molecule has 0 spiro atoms. The fourth-order valence-corrected chi connectivity index (χ4v) is 3.32. The summed E-state index contributed by atoms with van der Waals surface area (Å²) < 4.78 is 5.35. The van der Waals surface area contributed by atoms with E-state index in [0.717, 1.165) is 29.7 Å². The Labute approximate surface area is 156 Å². The first kappa shape index (κ1) is 16.9. The van der Waals surface area contributed by atoms with Crippen LogP contribution in [0.25, 0.3) is 11.5 Å². The third kappa shape index (κ3) is 3.69. The lowest BCUT2D eigenvalue weighted by atomic mass is 10.0. The Morgan fingerprint density at radius 2 is 1.81 bits per heavy atom. The lowest BCUT2D eigenvalue weighted by Crippen LogP contribution is -2.28. The molecule has 26 heavy (non-hydrogen) atoms. The van der Waals surface area contributed by atoms with Gasteiger partial charge >= 0.3 is 0 Å². The van der Waals surface area contributed by atoms with E-state index in [9.17, 15) is 0 Å². The number of hydrogen-bond donors (Lipinski definition) is 1. The molecule has 3 aromatic rings. The van der Waals surface area contributed by atoms with Crippen molar-refractivity contribution in [2.45, 2.75) is 31.3 Å². The van der Waals surface area contributed by atoms with Gasteiger partial charge < -0.3 is 10.3 Å². The van der Waals surface area contributed by atoms with E-state index in [2.05, 4.69) is 10.1 Å². The molecule has 6 heteroatoms. The van der Waals surface area contributed by atoms with Crippen molar-refractivity contribution >= 4 is 17.3 Å². The number of rotatable bonds is 5. The lowest BCUT2D eigenvalue weighted by Gasteiger charge is -2.07. The molecule has 2 aromatic carbocycles. The van der Waals surface area contributed by atoms with Crippen LogP contribution in [0.15, 0.2) is 64.1 Å². The third-order valence-corrected chi connectivity index (χ3v) is 4.78. The van der Waals surface area contributed by atoms with Gasteiger partial charge in [-0.1, -0.05) is 47.1 Å². The molecular weight excluding hydrogens is 348 g/mol. The second-order valence-corrected chi connectivity index (χ2v) is 6.87. The topological polar surface area (TPSA) is 77.3 Å². The zero-order valence-corrected chi connectivity index (χ0v) is 14.9. The molecule has 2 heterocycles. The Bertz CT molecular complexity index is 905. The molecule has 5 nitrogen and oxygen atoms in total. The van der Waals surface area contributed by atoms with Gasteiger partial charge in [0.25, 0.3) is 5.89 Å². The van der Waals surface area contributed by atoms with Gasteiger partial charge in [0.1, 0.15) is 0 Å².